The lowest BCUT2D eigenvalue weighted by Gasteiger charge is -2.32. The number of anilines is 1. The van der Waals surface area contributed by atoms with Crippen LogP contribution in [0.25, 0.3) is 0 Å². The fourth-order valence-corrected chi connectivity index (χ4v) is 5.92. The van der Waals surface area contributed by atoms with Crippen LogP contribution >= 0.6 is 15.9 Å². The van der Waals surface area contributed by atoms with E-state index in [0.29, 0.717) is 12.3 Å². The van der Waals surface area contributed by atoms with Crippen molar-refractivity contribution < 1.29 is 22.7 Å². The third-order valence-corrected chi connectivity index (χ3v) is 8.44. The summed E-state index contributed by atoms with van der Waals surface area (Å²) in [6.45, 7) is 5.47. The van der Waals surface area contributed by atoms with E-state index >= 15 is 0 Å². The van der Waals surface area contributed by atoms with Gasteiger partial charge in [-0.15, -0.1) is 0 Å². The van der Waals surface area contributed by atoms with Crippen molar-refractivity contribution in [2.45, 2.75) is 44.7 Å². The highest BCUT2D eigenvalue weighted by atomic mass is 79.9. The van der Waals surface area contributed by atoms with Crippen molar-refractivity contribution >= 4 is 43.5 Å². The number of nitrogens with one attached hydrogen (secondary N) is 1. The lowest BCUT2D eigenvalue weighted by atomic mass is 10.1. The van der Waals surface area contributed by atoms with Gasteiger partial charge in [0.2, 0.25) is 11.8 Å². The first-order valence-corrected chi connectivity index (χ1v) is 14.9. The van der Waals surface area contributed by atoms with Crippen molar-refractivity contribution in [2.75, 3.05) is 24.5 Å². The van der Waals surface area contributed by atoms with Gasteiger partial charge in [-0.05, 0) is 67.8 Å². The van der Waals surface area contributed by atoms with Crippen LogP contribution < -0.4 is 14.4 Å². The summed E-state index contributed by atoms with van der Waals surface area (Å²) in [6, 6.07) is 19.6. The summed E-state index contributed by atoms with van der Waals surface area (Å²) < 4.78 is 35.2. The summed E-state index contributed by atoms with van der Waals surface area (Å²) in [5.41, 5.74) is 1.82. The number of rotatable bonds is 12. The van der Waals surface area contributed by atoms with E-state index in [1.54, 1.807) is 43.3 Å². The highest BCUT2D eigenvalue weighted by Crippen LogP contribution is 2.33. The maximum Gasteiger partial charge on any atom is 0.264 e. The first-order valence-electron chi connectivity index (χ1n) is 12.6. The third kappa shape index (κ3) is 7.60. The van der Waals surface area contributed by atoms with Crippen molar-refractivity contribution in [3.05, 3.63) is 88.4 Å². The molecule has 0 aliphatic heterocycles. The average Bonchev–Trinajstić information content (AvgIpc) is 2.93. The molecule has 0 radical (unpaired) electrons. The van der Waals surface area contributed by atoms with Gasteiger partial charge in [0.15, 0.2) is 0 Å². The number of carbonyl (C=O) groups is 2. The Balaban J connectivity index is 2.08. The van der Waals surface area contributed by atoms with Crippen molar-refractivity contribution in [2.24, 2.45) is 0 Å². The van der Waals surface area contributed by atoms with Crippen LogP contribution in [0, 0.1) is 6.92 Å². The summed E-state index contributed by atoms with van der Waals surface area (Å²) >= 11 is 3.45. The van der Waals surface area contributed by atoms with Crippen LogP contribution in [0.15, 0.2) is 82.2 Å². The molecule has 0 bridgehead atoms. The predicted octanol–water partition coefficient (Wildman–Crippen LogP) is 4.90. The number of nitrogens with zero attached hydrogens (tertiary/aromatic N) is 2. The third-order valence-electron chi connectivity index (χ3n) is 6.17. The van der Waals surface area contributed by atoms with Gasteiger partial charge >= 0.3 is 0 Å². The summed E-state index contributed by atoms with van der Waals surface area (Å²) in [6.07, 6.45) is 0.744. The number of methoxy groups -OCH3 is 1. The SMILES string of the molecule is CCCNC(=O)[C@@H](C)N(Cc1cccc(Br)c1)C(=O)CN(c1cc(C)ccc1OC)S(=O)(=O)c1ccccc1. The van der Waals surface area contributed by atoms with E-state index in [2.05, 4.69) is 21.2 Å². The van der Waals surface area contributed by atoms with Gasteiger partial charge in [-0.1, -0.05) is 59.3 Å². The molecule has 39 heavy (non-hydrogen) atoms. The zero-order chi connectivity index (χ0) is 28.6. The number of amides is 2. The number of aryl methyl sites for hydroxylation is 1. The van der Waals surface area contributed by atoms with Crippen LogP contribution in [0.5, 0.6) is 5.75 Å². The average molecular weight is 617 g/mol. The quantitative estimate of drug-likeness (QED) is 0.312. The van der Waals surface area contributed by atoms with Crippen molar-refractivity contribution in [3.8, 4) is 5.75 Å². The van der Waals surface area contributed by atoms with Gasteiger partial charge in [0, 0.05) is 17.6 Å². The largest absolute Gasteiger partial charge is 0.495 e. The number of halogens is 1. The molecule has 2 amide bonds. The molecule has 3 rings (SSSR count). The number of hydrogen-bond donors (Lipinski definition) is 1. The van der Waals surface area contributed by atoms with Crippen LogP contribution in [0.3, 0.4) is 0 Å². The highest BCUT2D eigenvalue weighted by molar-refractivity contribution is 9.10. The number of carbonyl (C=O) groups excluding carboxylic acids is 2. The molecule has 3 aromatic rings. The molecule has 0 saturated carbocycles. The minimum atomic E-state index is -4.17. The molecule has 10 heteroatoms. The predicted molar refractivity (Wildman–Crippen MR) is 156 cm³/mol. The second-order valence-electron chi connectivity index (χ2n) is 9.12. The second kappa shape index (κ2) is 13.6. The Morgan fingerprint density at radius 3 is 2.38 bits per heavy atom. The molecule has 0 saturated heterocycles. The summed E-state index contributed by atoms with van der Waals surface area (Å²) in [7, 11) is -2.73. The van der Waals surface area contributed by atoms with Crippen molar-refractivity contribution in [1.82, 2.24) is 10.2 Å². The first kappa shape index (κ1) is 30.2. The lowest BCUT2D eigenvalue weighted by molar-refractivity contribution is -0.139. The van der Waals surface area contributed by atoms with Crippen LogP contribution in [-0.4, -0.2) is 51.4 Å². The van der Waals surface area contributed by atoms with E-state index in [9.17, 15) is 18.0 Å². The molecule has 1 atom stereocenters. The van der Waals surface area contributed by atoms with E-state index in [0.717, 1.165) is 26.3 Å². The topological polar surface area (TPSA) is 96.0 Å². The zero-order valence-electron chi connectivity index (χ0n) is 22.6. The number of sulfonamides is 1. The first-order chi connectivity index (χ1) is 18.6. The summed E-state index contributed by atoms with van der Waals surface area (Å²) in [5.74, 6) is -0.539. The van der Waals surface area contributed by atoms with Gasteiger partial charge in [-0.2, -0.15) is 0 Å². The second-order valence-corrected chi connectivity index (χ2v) is 11.9. The molecule has 0 aliphatic carbocycles. The Labute approximate surface area is 239 Å². The molecule has 0 fully saturated rings. The summed E-state index contributed by atoms with van der Waals surface area (Å²) in [5, 5.41) is 2.84. The molecule has 208 valence electrons. The summed E-state index contributed by atoms with van der Waals surface area (Å²) in [4.78, 5) is 28.4. The van der Waals surface area contributed by atoms with Gasteiger partial charge in [0.1, 0.15) is 18.3 Å². The number of benzene rings is 3. The maximum atomic E-state index is 14.0. The van der Waals surface area contributed by atoms with Crippen LogP contribution in [0.2, 0.25) is 0 Å². The van der Waals surface area contributed by atoms with Gasteiger partial charge in [-0.3, -0.25) is 13.9 Å². The van der Waals surface area contributed by atoms with Crippen LogP contribution in [-0.2, 0) is 26.2 Å². The molecular weight excluding hydrogens is 582 g/mol. The Kier molecular flexibility index (Phi) is 10.5. The van der Waals surface area contributed by atoms with Gasteiger partial charge in [0.25, 0.3) is 10.0 Å². The molecule has 0 spiro atoms. The van der Waals surface area contributed by atoms with Gasteiger partial charge in [-0.25, -0.2) is 8.42 Å². The normalized spacial score (nSPS) is 11.9. The molecule has 8 nitrogen and oxygen atoms in total. The van der Waals surface area contributed by atoms with Crippen molar-refractivity contribution in [1.29, 1.82) is 0 Å². The van der Waals surface area contributed by atoms with E-state index in [4.69, 9.17) is 4.74 Å². The van der Waals surface area contributed by atoms with E-state index in [1.807, 2.05) is 38.1 Å². The molecule has 0 unspecified atom stereocenters. The number of ether oxygens (including phenoxy) is 1. The van der Waals surface area contributed by atoms with E-state index < -0.39 is 28.5 Å². The van der Waals surface area contributed by atoms with E-state index in [1.165, 1.54) is 24.1 Å². The number of hydrogen-bond acceptors (Lipinski definition) is 5. The van der Waals surface area contributed by atoms with Gasteiger partial charge < -0.3 is 15.0 Å². The monoisotopic (exact) mass is 615 g/mol. The molecular formula is C29H34BrN3O5S. The Morgan fingerprint density at radius 1 is 1.03 bits per heavy atom. The fourth-order valence-electron chi connectivity index (χ4n) is 4.04. The maximum absolute atomic E-state index is 14.0. The highest BCUT2D eigenvalue weighted by Gasteiger charge is 2.33. The smallest absolute Gasteiger partial charge is 0.264 e. The minimum Gasteiger partial charge on any atom is -0.495 e. The molecule has 1 N–H and O–H groups in total. The Hall–Kier alpha value is -3.37. The van der Waals surface area contributed by atoms with Crippen LogP contribution in [0.4, 0.5) is 5.69 Å². The minimum absolute atomic E-state index is 0.0358. The molecule has 0 heterocycles. The van der Waals surface area contributed by atoms with E-state index in [-0.39, 0.29) is 23.0 Å². The Bertz CT molecular complexity index is 1400. The van der Waals surface area contributed by atoms with Crippen LogP contribution in [0.1, 0.15) is 31.4 Å². The van der Waals surface area contributed by atoms with Gasteiger partial charge in [0.05, 0.1) is 17.7 Å². The van der Waals surface area contributed by atoms with Crippen molar-refractivity contribution in [3.63, 3.8) is 0 Å². The lowest BCUT2D eigenvalue weighted by Crippen LogP contribution is -2.51. The fraction of sp³-hybridized carbons (Fsp3) is 0.310. The molecule has 0 aromatic heterocycles. The standard InChI is InChI=1S/C29H34BrN3O5S/c1-5-16-31-29(35)22(3)32(19-23-10-9-11-24(30)18-23)28(34)20-33(26-17-21(2)14-15-27(26)38-4)39(36,37)25-12-7-6-8-13-25/h6-15,17-18,22H,5,16,19-20H2,1-4H3,(H,31,35)/t22-/m1/s1. The Morgan fingerprint density at radius 2 is 1.74 bits per heavy atom. The molecule has 0 aliphatic rings. The molecule has 3 aromatic carbocycles. The zero-order valence-corrected chi connectivity index (χ0v) is 25.0.